The van der Waals surface area contributed by atoms with Gasteiger partial charge in [0, 0.05) is 11.9 Å². The predicted octanol–water partition coefficient (Wildman–Crippen LogP) is 4.77. The van der Waals surface area contributed by atoms with E-state index < -0.39 is 28.3 Å². The van der Waals surface area contributed by atoms with E-state index in [2.05, 4.69) is 4.98 Å². The van der Waals surface area contributed by atoms with Crippen molar-refractivity contribution in [3.63, 3.8) is 0 Å². The zero-order chi connectivity index (χ0) is 15.8. The van der Waals surface area contributed by atoms with E-state index in [-0.39, 0.29) is 15.7 Å². The van der Waals surface area contributed by atoms with Crippen molar-refractivity contribution in [1.82, 2.24) is 4.98 Å². The largest absolute Gasteiger partial charge is 0.417 e. The number of benzene rings is 1. The van der Waals surface area contributed by atoms with Gasteiger partial charge in [0.05, 0.1) is 15.5 Å². The number of alkyl halides is 3. The summed E-state index contributed by atoms with van der Waals surface area (Å²) in [4.78, 5) is 3.05. The number of nitrogen functional groups attached to an aromatic ring is 1. The standard InChI is InChI=1S/C12H6ClF5N2S/c13-7-1-5(12(16,17)18)4-20-11(7)21-10-8(14)2-6(19)3-9(10)15/h1-4H,19H2. The lowest BCUT2D eigenvalue weighted by molar-refractivity contribution is -0.137. The fraction of sp³-hybridized carbons (Fsp3) is 0.0833. The van der Waals surface area contributed by atoms with Gasteiger partial charge < -0.3 is 5.73 Å². The zero-order valence-corrected chi connectivity index (χ0v) is 11.6. The number of hydrogen-bond acceptors (Lipinski definition) is 3. The number of halogens is 6. The summed E-state index contributed by atoms with van der Waals surface area (Å²) in [5.74, 6) is -1.90. The van der Waals surface area contributed by atoms with Crippen LogP contribution in [0.4, 0.5) is 27.6 Å². The van der Waals surface area contributed by atoms with Crippen LogP contribution in [0.3, 0.4) is 0 Å². The molecule has 2 nitrogen and oxygen atoms in total. The molecular weight excluding hydrogens is 335 g/mol. The summed E-state index contributed by atoms with van der Waals surface area (Å²) in [6.45, 7) is 0. The highest BCUT2D eigenvalue weighted by molar-refractivity contribution is 7.99. The number of rotatable bonds is 2. The summed E-state index contributed by atoms with van der Waals surface area (Å²) in [7, 11) is 0. The molecule has 0 saturated heterocycles. The van der Waals surface area contributed by atoms with E-state index in [0.29, 0.717) is 24.0 Å². The van der Waals surface area contributed by atoms with Gasteiger partial charge in [-0.3, -0.25) is 0 Å². The monoisotopic (exact) mass is 340 g/mol. The van der Waals surface area contributed by atoms with Crippen LogP contribution in [0.25, 0.3) is 0 Å². The molecule has 1 heterocycles. The van der Waals surface area contributed by atoms with Gasteiger partial charge in [-0.25, -0.2) is 13.8 Å². The third-order valence-corrected chi connectivity index (χ3v) is 3.87. The maximum atomic E-state index is 13.6. The third kappa shape index (κ3) is 3.56. The zero-order valence-electron chi connectivity index (χ0n) is 10.0. The van der Waals surface area contributed by atoms with E-state index in [1.165, 1.54) is 0 Å². The highest BCUT2D eigenvalue weighted by atomic mass is 35.5. The van der Waals surface area contributed by atoms with Crippen LogP contribution >= 0.6 is 23.4 Å². The van der Waals surface area contributed by atoms with Crippen LogP contribution < -0.4 is 5.73 Å². The quantitative estimate of drug-likeness (QED) is 0.632. The first kappa shape index (κ1) is 15.8. The number of hydrogen-bond donors (Lipinski definition) is 1. The van der Waals surface area contributed by atoms with Gasteiger partial charge in [-0.15, -0.1) is 0 Å². The second kappa shape index (κ2) is 5.69. The van der Waals surface area contributed by atoms with Gasteiger partial charge >= 0.3 is 6.18 Å². The van der Waals surface area contributed by atoms with Crippen LogP contribution in [-0.4, -0.2) is 4.98 Å². The van der Waals surface area contributed by atoms with Gasteiger partial charge in [-0.1, -0.05) is 23.4 Å². The Balaban J connectivity index is 2.37. The summed E-state index contributed by atoms with van der Waals surface area (Å²) < 4.78 is 64.6. The van der Waals surface area contributed by atoms with Crippen molar-refractivity contribution in [2.75, 3.05) is 5.73 Å². The van der Waals surface area contributed by atoms with Crippen LogP contribution in [0.1, 0.15) is 5.56 Å². The number of anilines is 1. The molecule has 0 aliphatic heterocycles. The van der Waals surface area contributed by atoms with E-state index in [1.54, 1.807) is 0 Å². The van der Waals surface area contributed by atoms with Gasteiger partial charge in [0.25, 0.3) is 0 Å². The molecule has 2 N–H and O–H groups in total. The van der Waals surface area contributed by atoms with E-state index in [9.17, 15) is 22.0 Å². The van der Waals surface area contributed by atoms with Crippen LogP contribution in [0.15, 0.2) is 34.3 Å². The minimum Gasteiger partial charge on any atom is -0.399 e. The van der Waals surface area contributed by atoms with Crippen molar-refractivity contribution in [1.29, 1.82) is 0 Å². The van der Waals surface area contributed by atoms with Gasteiger partial charge in [0.2, 0.25) is 0 Å². The molecule has 112 valence electrons. The van der Waals surface area contributed by atoms with Crippen LogP contribution in [0.5, 0.6) is 0 Å². The second-order valence-corrected chi connectivity index (χ2v) is 5.33. The van der Waals surface area contributed by atoms with Gasteiger partial charge in [0.15, 0.2) is 0 Å². The molecule has 2 rings (SSSR count). The molecular formula is C12H6ClF5N2S. The SMILES string of the molecule is Nc1cc(F)c(Sc2ncc(C(F)(F)F)cc2Cl)c(F)c1. The molecule has 1 aromatic heterocycles. The predicted molar refractivity (Wildman–Crippen MR) is 69.1 cm³/mol. The van der Waals surface area contributed by atoms with E-state index in [0.717, 1.165) is 12.1 Å². The highest BCUT2D eigenvalue weighted by Gasteiger charge is 2.31. The Labute approximate surface area is 125 Å². The maximum Gasteiger partial charge on any atom is 0.417 e. The molecule has 0 unspecified atom stereocenters. The lowest BCUT2D eigenvalue weighted by Gasteiger charge is -2.10. The number of nitrogens with zero attached hydrogens (tertiary/aromatic N) is 1. The Kier molecular flexibility index (Phi) is 4.29. The average Bonchev–Trinajstić information content (AvgIpc) is 2.33. The van der Waals surface area contributed by atoms with Crippen molar-refractivity contribution >= 4 is 29.1 Å². The molecule has 0 amide bonds. The Hall–Kier alpha value is -1.54. The first-order valence-electron chi connectivity index (χ1n) is 5.33. The molecule has 0 saturated carbocycles. The molecule has 0 atom stereocenters. The molecule has 1 aromatic carbocycles. The van der Waals surface area contributed by atoms with Crippen molar-refractivity contribution in [3.8, 4) is 0 Å². The van der Waals surface area contributed by atoms with Crippen molar-refractivity contribution < 1.29 is 22.0 Å². The van der Waals surface area contributed by atoms with Gasteiger partial charge in [-0.2, -0.15) is 13.2 Å². The Bertz CT molecular complexity index is 667. The molecule has 0 aliphatic carbocycles. The molecule has 0 radical (unpaired) electrons. The van der Waals surface area contributed by atoms with Crippen LogP contribution in [0.2, 0.25) is 5.02 Å². The second-order valence-electron chi connectivity index (χ2n) is 3.92. The fourth-order valence-electron chi connectivity index (χ4n) is 1.43. The molecule has 21 heavy (non-hydrogen) atoms. The molecule has 0 spiro atoms. The fourth-order valence-corrected chi connectivity index (χ4v) is 2.48. The molecule has 0 aliphatic rings. The summed E-state index contributed by atoms with van der Waals surface area (Å²) >= 11 is 6.15. The molecule has 0 fully saturated rings. The first-order valence-corrected chi connectivity index (χ1v) is 6.53. The number of nitrogens with two attached hydrogens (primary N) is 1. The Morgan fingerprint density at radius 2 is 1.67 bits per heavy atom. The number of aromatic nitrogens is 1. The summed E-state index contributed by atoms with van der Waals surface area (Å²) in [5.41, 5.74) is 4.11. The number of pyridine rings is 1. The van der Waals surface area contributed by atoms with Crippen LogP contribution in [-0.2, 0) is 6.18 Å². The summed E-state index contributed by atoms with van der Waals surface area (Å²) in [6.07, 6.45) is -4.06. The third-order valence-electron chi connectivity index (χ3n) is 2.35. The molecule has 9 heteroatoms. The van der Waals surface area contributed by atoms with Gasteiger partial charge in [-0.05, 0) is 18.2 Å². The van der Waals surface area contributed by atoms with Crippen molar-refractivity contribution in [2.24, 2.45) is 0 Å². The normalized spacial score (nSPS) is 11.7. The van der Waals surface area contributed by atoms with Crippen molar-refractivity contribution in [3.05, 3.63) is 46.6 Å². The minimum absolute atomic E-state index is 0.110. The minimum atomic E-state index is -4.60. The van der Waals surface area contributed by atoms with E-state index in [1.807, 2.05) is 0 Å². The lowest BCUT2D eigenvalue weighted by Crippen LogP contribution is -2.05. The van der Waals surface area contributed by atoms with E-state index in [4.69, 9.17) is 17.3 Å². The van der Waals surface area contributed by atoms with Crippen molar-refractivity contribution in [2.45, 2.75) is 16.1 Å². The summed E-state index contributed by atoms with van der Waals surface area (Å²) in [6, 6.07) is 2.43. The van der Waals surface area contributed by atoms with Crippen LogP contribution in [0, 0.1) is 11.6 Å². The summed E-state index contributed by atoms with van der Waals surface area (Å²) in [5, 5.41) is -0.502. The topological polar surface area (TPSA) is 38.9 Å². The maximum absolute atomic E-state index is 13.6. The first-order chi connectivity index (χ1) is 9.68. The highest BCUT2D eigenvalue weighted by Crippen LogP contribution is 2.38. The Morgan fingerprint density at radius 3 is 2.14 bits per heavy atom. The average molecular weight is 341 g/mol. The van der Waals surface area contributed by atoms with Gasteiger partial charge in [0.1, 0.15) is 16.7 Å². The smallest absolute Gasteiger partial charge is 0.399 e. The molecule has 0 bridgehead atoms. The van der Waals surface area contributed by atoms with E-state index >= 15 is 0 Å². The Morgan fingerprint density at radius 1 is 1.10 bits per heavy atom. The lowest BCUT2D eigenvalue weighted by atomic mass is 10.3. The molecule has 2 aromatic rings.